The largest absolute Gasteiger partial charge is 0.481 e. The van der Waals surface area contributed by atoms with Gasteiger partial charge in [0.1, 0.15) is 6.04 Å². The van der Waals surface area contributed by atoms with Gasteiger partial charge >= 0.3 is 5.97 Å². The minimum Gasteiger partial charge on any atom is -0.481 e. The third kappa shape index (κ3) is 3.19. The van der Waals surface area contributed by atoms with Crippen LogP contribution in [0.5, 0.6) is 0 Å². The van der Waals surface area contributed by atoms with Gasteiger partial charge < -0.3 is 15.3 Å². The van der Waals surface area contributed by atoms with Gasteiger partial charge in [-0.15, -0.1) is 0 Å². The van der Waals surface area contributed by atoms with Crippen LogP contribution in [0.15, 0.2) is 0 Å². The molecule has 0 spiro atoms. The highest BCUT2D eigenvalue weighted by Crippen LogP contribution is 2.27. The van der Waals surface area contributed by atoms with Gasteiger partial charge in [-0.25, -0.2) is 0 Å². The molecular weight excluding hydrogens is 238 g/mol. The topological polar surface area (TPSA) is 98.7 Å². The zero-order valence-corrected chi connectivity index (χ0v) is 10.0. The fraction of sp³-hybridized carbons (Fsp3) is 0.727. The molecule has 0 aromatic rings. The molecule has 2 rings (SSSR count). The van der Waals surface area contributed by atoms with Crippen LogP contribution in [0.1, 0.15) is 19.3 Å². The lowest BCUT2D eigenvalue weighted by Gasteiger charge is -2.30. The van der Waals surface area contributed by atoms with E-state index < -0.39 is 12.0 Å². The molecule has 2 aliphatic rings. The molecule has 1 saturated heterocycles. The van der Waals surface area contributed by atoms with Gasteiger partial charge in [-0.05, 0) is 12.8 Å². The molecule has 1 aliphatic heterocycles. The molecule has 7 heteroatoms. The number of carboxylic acids is 1. The number of nitrogens with one attached hydrogen (secondary N) is 2. The van der Waals surface area contributed by atoms with Crippen molar-refractivity contribution < 1.29 is 19.5 Å². The first kappa shape index (κ1) is 12.8. The number of rotatable bonds is 5. The van der Waals surface area contributed by atoms with Crippen molar-refractivity contribution in [2.75, 3.05) is 19.6 Å². The highest BCUT2D eigenvalue weighted by atomic mass is 16.4. The molecule has 1 aliphatic carbocycles. The van der Waals surface area contributed by atoms with Crippen molar-refractivity contribution in [3.63, 3.8) is 0 Å². The van der Waals surface area contributed by atoms with Crippen LogP contribution < -0.4 is 10.6 Å². The quantitative estimate of drug-likeness (QED) is 0.557. The summed E-state index contributed by atoms with van der Waals surface area (Å²) in [5, 5.41) is 14.2. The molecule has 18 heavy (non-hydrogen) atoms. The summed E-state index contributed by atoms with van der Waals surface area (Å²) in [5.41, 5.74) is 0. The Labute approximate surface area is 105 Å². The predicted octanol–water partition coefficient (Wildman–Crippen LogP) is -1.46. The van der Waals surface area contributed by atoms with Crippen LogP contribution >= 0.6 is 0 Å². The smallest absolute Gasteiger partial charge is 0.305 e. The minimum atomic E-state index is -0.904. The van der Waals surface area contributed by atoms with Crippen molar-refractivity contribution in [2.24, 2.45) is 0 Å². The second kappa shape index (κ2) is 5.34. The van der Waals surface area contributed by atoms with E-state index >= 15 is 0 Å². The van der Waals surface area contributed by atoms with E-state index in [2.05, 4.69) is 10.6 Å². The summed E-state index contributed by atoms with van der Waals surface area (Å²) in [6.07, 6.45) is 1.83. The molecule has 2 fully saturated rings. The van der Waals surface area contributed by atoms with Gasteiger partial charge in [0, 0.05) is 19.1 Å². The number of amides is 2. The summed E-state index contributed by atoms with van der Waals surface area (Å²) in [6, 6.07) is -0.256. The Balaban J connectivity index is 1.90. The van der Waals surface area contributed by atoms with E-state index in [4.69, 9.17) is 5.11 Å². The highest BCUT2D eigenvalue weighted by molar-refractivity contribution is 5.87. The van der Waals surface area contributed by atoms with E-state index in [0.717, 1.165) is 12.8 Å². The van der Waals surface area contributed by atoms with Gasteiger partial charge in [0.2, 0.25) is 11.8 Å². The number of carbonyl (C=O) groups excluding carboxylic acids is 2. The molecular formula is C11H17N3O4. The van der Waals surface area contributed by atoms with E-state index in [1.54, 1.807) is 4.90 Å². The lowest BCUT2D eigenvalue weighted by molar-refractivity contribution is -0.139. The molecule has 0 aromatic heterocycles. The normalized spacial score (nSPS) is 23.3. The first-order valence-electron chi connectivity index (χ1n) is 6.10. The van der Waals surface area contributed by atoms with Crippen LogP contribution in [0.25, 0.3) is 0 Å². The molecule has 0 radical (unpaired) electrons. The van der Waals surface area contributed by atoms with Crippen LogP contribution in [0, 0.1) is 0 Å². The monoisotopic (exact) mass is 255 g/mol. The summed E-state index contributed by atoms with van der Waals surface area (Å²) in [4.78, 5) is 35.4. The fourth-order valence-corrected chi connectivity index (χ4v) is 2.02. The Bertz CT molecular complexity index is 357. The van der Waals surface area contributed by atoms with Crippen LogP contribution in [-0.2, 0) is 14.4 Å². The second-order valence-corrected chi connectivity index (χ2v) is 4.64. The number of aliphatic carboxylic acids is 1. The molecule has 0 aromatic carbocycles. The molecule has 3 N–H and O–H groups in total. The third-order valence-corrected chi connectivity index (χ3v) is 3.15. The van der Waals surface area contributed by atoms with Gasteiger partial charge in [0.05, 0.1) is 13.0 Å². The Morgan fingerprint density at radius 3 is 2.61 bits per heavy atom. The van der Waals surface area contributed by atoms with E-state index in [0.29, 0.717) is 0 Å². The third-order valence-electron chi connectivity index (χ3n) is 3.15. The molecule has 100 valence electrons. The Hall–Kier alpha value is -1.63. The van der Waals surface area contributed by atoms with Crippen molar-refractivity contribution in [3.05, 3.63) is 0 Å². The number of carboxylic acid groups (broad SMARTS) is 1. The number of hydrogen-bond acceptors (Lipinski definition) is 4. The minimum absolute atomic E-state index is 0.0404. The molecule has 1 heterocycles. The number of nitrogens with zero attached hydrogens (tertiary/aromatic N) is 1. The van der Waals surface area contributed by atoms with E-state index in [1.807, 2.05) is 0 Å². The number of hydrogen-bond donors (Lipinski definition) is 3. The zero-order chi connectivity index (χ0) is 13.1. The van der Waals surface area contributed by atoms with Gasteiger partial charge in [0.15, 0.2) is 0 Å². The van der Waals surface area contributed by atoms with Crippen molar-refractivity contribution in [1.82, 2.24) is 15.5 Å². The van der Waals surface area contributed by atoms with Gasteiger partial charge in [-0.1, -0.05) is 0 Å². The summed E-state index contributed by atoms with van der Waals surface area (Å²) >= 11 is 0. The highest BCUT2D eigenvalue weighted by Gasteiger charge is 2.36. The van der Waals surface area contributed by atoms with E-state index in [9.17, 15) is 14.4 Å². The van der Waals surface area contributed by atoms with Crippen molar-refractivity contribution >= 4 is 17.8 Å². The molecule has 1 atom stereocenters. The van der Waals surface area contributed by atoms with Crippen molar-refractivity contribution in [2.45, 2.75) is 31.3 Å². The molecule has 1 unspecified atom stereocenters. The van der Waals surface area contributed by atoms with Crippen molar-refractivity contribution in [3.8, 4) is 0 Å². The van der Waals surface area contributed by atoms with Crippen LogP contribution in [-0.4, -0.2) is 59.5 Å². The molecule has 2 amide bonds. The summed E-state index contributed by atoms with van der Waals surface area (Å²) in [5.74, 6) is -1.14. The Morgan fingerprint density at radius 1 is 1.39 bits per heavy atom. The SMILES string of the molecule is O=C(O)CCN(C(=O)C1CNC(=O)CN1)C1CC1. The van der Waals surface area contributed by atoms with E-state index in [1.165, 1.54) is 0 Å². The Morgan fingerprint density at radius 2 is 2.11 bits per heavy atom. The summed E-state index contributed by atoms with van der Waals surface area (Å²) in [7, 11) is 0. The second-order valence-electron chi connectivity index (χ2n) is 4.64. The van der Waals surface area contributed by atoms with Crippen LogP contribution in [0.2, 0.25) is 0 Å². The number of piperazine rings is 1. The molecule has 1 saturated carbocycles. The predicted molar refractivity (Wildman–Crippen MR) is 61.8 cm³/mol. The average molecular weight is 255 g/mol. The lowest BCUT2D eigenvalue weighted by Crippen LogP contribution is -2.59. The van der Waals surface area contributed by atoms with Gasteiger partial charge in [-0.2, -0.15) is 0 Å². The van der Waals surface area contributed by atoms with Crippen molar-refractivity contribution in [1.29, 1.82) is 0 Å². The maximum atomic E-state index is 12.2. The zero-order valence-electron chi connectivity index (χ0n) is 10.0. The summed E-state index contributed by atoms with van der Waals surface area (Å²) in [6.45, 7) is 0.646. The first-order chi connectivity index (χ1) is 8.58. The summed E-state index contributed by atoms with van der Waals surface area (Å²) < 4.78 is 0. The molecule has 0 bridgehead atoms. The lowest BCUT2D eigenvalue weighted by atomic mass is 10.2. The first-order valence-corrected chi connectivity index (χ1v) is 6.10. The fourth-order valence-electron chi connectivity index (χ4n) is 2.02. The van der Waals surface area contributed by atoms with Crippen LogP contribution in [0.3, 0.4) is 0 Å². The Kier molecular flexibility index (Phi) is 3.81. The maximum Gasteiger partial charge on any atom is 0.305 e. The average Bonchev–Trinajstić information content (AvgIpc) is 3.14. The van der Waals surface area contributed by atoms with Crippen LogP contribution in [0.4, 0.5) is 0 Å². The number of carbonyl (C=O) groups is 3. The van der Waals surface area contributed by atoms with Gasteiger partial charge in [0.25, 0.3) is 0 Å². The standard InChI is InChI=1S/C11H17N3O4/c15-9-6-12-8(5-13-9)11(18)14(7-1-2-7)4-3-10(16)17/h7-8,12H,1-6H2,(H,13,15)(H,16,17). The van der Waals surface area contributed by atoms with Gasteiger partial charge in [-0.3, -0.25) is 19.7 Å². The molecule has 7 nitrogen and oxygen atoms in total. The maximum absolute atomic E-state index is 12.2. The van der Waals surface area contributed by atoms with E-state index in [-0.39, 0.29) is 43.9 Å².